The number of rotatable bonds is 5. The van der Waals surface area contributed by atoms with Crippen LogP contribution in [0, 0.1) is 5.41 Å². The van der Waals surface area contributed by atoms with Crippen LogP contribution in [0.1, 0.15) is 34.1 Å². The normalized spacial score (nSPS) is 21.5. The number of nitrogens with two attached hydrogens (primary N) is 1. The maximum Gasteiger partial charge on any atom is 0.249 e. The number of thioether (sulfide) groups is 1. The molecule has 0 spiro atoms. The molecule has 3 N–H and O–H groups in total. The molecule has 1 heterocycles. The molecule has 1 saturated heterocycles. The van der Waals surface area contributed by atoms with E-state index in [4.69, 9.17) is 15.2 Å². The molecule has 0 aliphatic carbocycles. The van der Waals surface area contributed by atoms with E-state index in [9.17, 15) is 9.59 Å². The first kappa shape index (κ1) is 19.8. The summed E-state index contributed by atoms with van der Waals surface area (Å²) in [6.07, 6.45) is -0.371. The molecule has 7 heteroatoms. The zero-order valence-electron chi connectivity index (χ0n) is 15.1. The van der Waals surface area contributed by atoms with Gasteiger partial charge in [0, 0.05) is 29.0 Å². The summed E-state index contributed by atoms with van der Waals surface area (Å²) < 4.78 is 11.4. The topological polar surface area (TPSA) is 90.7 Å². The molecule has 0 saturated carbocycles. The Labute approximate surface area is 152 Å². The third kappa shape index (κ3) is 5.73. The maximum absolute atomic E-state index is 12.5. The highest BCUT2D eigenvalue weighted by atomic mass is 32.2. The molecule has 6 nitrogen and oxygen atoms in total. The molecule has 1 aromatic rings. The Morgan fingerprint density at radius 3 is 2.52 bits per heavy atom. The number of carbonyl (C=O) groups excluding carboxylic acids is 2. The zero-order chi connectivity index (χ0) is 18.7. The Morgan fingerprint density at radius 1 is 1.24 bits per heavy atom. The van der Waals surface area contributed by atoms with Gasteiger partial charge in [0.2, 0.25) is 5.91 Å². The Kier molecular flexibility index (Phi) is 6.13. The van der Waals surface area contributed by atoms with Crippen molar-refractivity contribution >= 4 is 28.5 Å². The fourth-order valence-corrected chi connectivity index (χ4v) is 3.16. The molecule has 1 unspecified atom stereocenters. The first-order valence-corrected chi connectivity index (χ1v) is 9.06. The number of nitrogens with one attached hydrogen (secondary N) is 1. The lowest BCUT2D eigenvalue weighted by molar-refractivity contribution is -0.304. The van der Waals surface area contributed by atoms with E-state index in [1.54, 1.807) is 38.1 Å². The smallest absolute Gasteiger partial charge is 0.249 e. The summed E-state index contributed by atoms with van der Waals surface area (Å²) in [4.78, 5) is 25.3. The first-order chi connectivity index (χ1) is 11.6. The quantitative estimate of drug-likeness (QED) is 0.615. The molecule has 1 aromatic carbocycles. The number of benzene rings is 1. The average molecular weight is 366 g/mol. The molecular formula is C18H26N2O4S. The van der Waals surface area contributed by atoms with Gasteiger partial charge in [0.25, 0.3) is 0 Å². The van der Waals surface area contributed by atoms with Crippen molar-refractivity contribution in [1.29, 1.82) is 0 Å². The zero-order valence-corrected chi connectivity index (χ0v) is 15.9. The van der Waals surface area contributed by atoms with E-state index >= 15 is 0 Å². The summed E-state index contributed by atoms with van der Waals surface area (Å²) in [7, 11) is 0. The highest BCUT2D eigenvalue weighted by Gasteiger charge is 2.45. The average Bonchev–Trinajstić information content (AvgIpc) is 2.52. The lowest BCUT2D eigenvalue weighted by Gasteiger charge is -2.44. The number of carbonyl (C=O) groups is 2. The van der Waals surface area contributed by atoms with E-state index in [1.807, 2.05) is 13.8 Å². The molecule has 138 valence electrons. The van der Waals surface area contributed by atoms with Gasteiger partial charge < -0.3 is 20.5 Å². The van der Waals surface area contributed by atoms with Crippen molar-refractivity contribution in [2.45, 2.75) is 50.9 Å². The van der Waals surface area contributed by atoms with E-state index in [2.05, 4.69) is 5.32 Å². The molecule has 1 aliphatic heterocycles. The number of hydrogen-bond donors (Lipinski definition) is 2. The van der Waals surface area contributed by atoms with Crippen LogP contribution >= 0.6 is 11.8 Å². The van der Waals surface area contributed by atoms with E-state index in [-0.39, 0.29) is 24.0 Å². The van der Waals surface area contributed by atoms with Gasteiger partial charge in [0.05, 0.1) is 6.61 Å². The van der Waals surface area contributed by atoms with Crippen molar-refractivity contribution in [1.82, 2.24) is 5.32 Å². The van der Waals surface area contributed by atoms with Crippen molar-refractivity contribution < 1.29 is 19.1 Å². The molecule has 1 atom stereocenters. The second kappa shape index (κ2) is 7.76. The fourth-order valence-electron chi connectivity index (χ4n) is 2.42. The van der Waals surface area contributed by atoms with E-state index < -0.39 is 17.3 Å². The van der Waals surface area contributed by atoms with Crippen LogP contribution in [0.4, 0.5) is 5.69 Å². The molecule has 1 fully saturated rings. The monoisotopic (exact) mass is 366 g/mol. The number of amides is 1. The van der Waals surface area contributed by atoms with E-state index in [0.29, 0.717) is 12.3 Å². The van der Waals surface area contributed by atoms with Crippen molar-refractivity contribution in [3.63, 3.8) is 0 Å². The van der Waals surface area contributed by atoms with E-state index in [0.717, 1.165) is 16.7 Å². The number of hydrogen-bond acceptors (Lipinski definition) is 6. The molecule has 0 radical (unpaired) electrons. The third-order valence-corrected chi connectivity index (χ3v) is 4.82. The van der Waals surface area contributed by atoms with Crippen LogP contribution in [0.2, 0.25) is 0 Å². The minimum absolute atomic E-state index is 0.0162. The van der Waals surface area contributed by atoms with Crippen molar-refractivity contribution in [2.24, 2.45) is 5.41 Å². The van der Waals surface area contributed by atoms with Crippen LogP contribution in [-0.4, -0.2) is 36.1 Å². The molecule has 1 aliphatic rings. The Morgan fingerprint density at radius 2 is 1.88 bits per heavy atom. The van der Waals surface area contributed by atoms with Crippen LogP contribution in [0.25, 0.3) is 0 Å². The minimum Gasteiger partial charge on any atom is -0.399 e. The summed E-state index contributed by atoms with van der Waals surface area (Å²) in [6, 6.07) is 7.11. The van der Waals surface area contributed by atoms with Crippen molar-refractivity contribution in [2.75, 3.05) is 18.9 Å². The van der Waals surface area contributed by atoms with Gasteiger partial charge in [-0.2, -0.15) is 0 Å². The molecule has 1 amide bonds. The SMILES string of the molecule is CC1(C)OCC(C)(C)C(C(=O)NCCC(=O)Sc2ccc(N)cc2)O1. The van der Waals surface area contributed by atoms with Crippen LogP contribution in [0.15, 0.2) is 29.2 Å². The van der Waals surface area contributed by atoms with Gasteiger partial charge in [-0.1, -0.05) is 25.6 Å². The minimum atomic E-state index is -0.793. The van der Waals surface area contributed by atoms with E-state index in [1.165, 1.54) is 0 Å². The number of nitrogen functional groups attached to an aromatic ring is 1. The molecule has 0 aromatic heterocycles. The fraction of sp³-hybridized carbons (Fsp3) is 0.556. The first-order valence-electron chi connectivity index (χ1n) is 8.25. The van der Waals surface area contributed by atoms with Crippen molar-refractivity contribution in [3.05, 3.63) is 24.3 Å². The largest absolute Gasteiger partial charge is 0.399 e. The molecular weight excluding hydrogens is 340 g/mol. The number of ether oxygens (including phenoxy) is 2. The van der Waals surface area contributed by atoms with Crippen LogP contribution in [-0.2, 0) is 19.1 Å². The molecule has 0 bridgehead atoms. The second-order valence-corrected chi connectivity index (χ2v) is 8.39. The van der Waals surface area contributed by atoms with Crippen LogP contribution in [0.3, 0.4) is 0 Å². The highest BCUT2D eigenvalue weighted by molar-refractivity contribution is 8.13. The Balaban J connectivity index is 1.81. The Hall–Kier alpha value is -1.57. The lowest BCUT2D eigenvalue weighted by Crippen LogP contribution is -2.56. The summed E-state index contributed by atoms with van der Waals surface area (Å²) >= 11 is 1.14. The van der Waals surface area contributed by atoms with Crippen molar-refractivity contribution in [3.8, 4) is 0 Å². The standard InChI is InChI=1S/C18H26N2O4S/c1-17(2)11-23-18(3,4)24-15(17)16(22)20-10-9-14(21)25-13-7-5-12(19)6-8-13/h5-8,15H,9-11,19H2,1-4H3,(H,20,22). The predicted octanol–water partition coefficient (Wildman–Crippen LogP) is 2.57. The lowest BCUT2D eigenvalue weighted by atomic mass is 9.85. The van der Waals surface area contributed by atoms with Gasteiger partial charge >= 0.3 is 0 Å². The number of anilines is 1. The van der Waals surface area contributed by atoms with Gasteiger partial charge in [-0.15, -0.1) is 0 Å². The maximum atomic E-state index is 12.5. The molecule has 2 rings (SSSR count). The second-order valence-electron chi connectivity index (χ2n) is 7.26. The summed E-state index contributed by atoms with van der Waals surface area (Å²) in [6.45, 7) is 8.13. The summed E-state index contributed by atoms with van der Waals surface area (Å²) in [5, 5.41) is 2.78. The van der Waals surface area contributed by atoms with Gasteiger partial charge in [0.1, 0.15) is 6.10 Å². The van der Waals surface area contributed by atoms with Crippen LogP contribution < -0.4 is 11.1 Å². The third-order valence-electron chi connectivity index (χ3n) is 3.88. The summed E-state index contributed by atoms with van der Waals surface area (Å²) in [5.74, 6) is -1.01. The highest BCUT2D eigenvalue weighted by Crippen LogP contribution is 2.34. The predicted molar refractivity (Wildman–Crippen MR) is 98.0 cm³/mol. The van der Waals surface area contributed by atoms with Gasteiger partial charge in [-0.3, -0.25) is 9.59 Å². The summed E-state index contributed by atoms with van der Waals surface area (Å²) in [5.41, 5.74) is 5.85. The van der Waals surface area contributed by atoms with Gasteiger partial charge in [0.15, 0.2) is 10.9 Å². The van der Waals surface area contributed by atoms with Gasteiger partial charge in [-0.05, 0) is 38.1 Å². The van der Waals surface area contributed by atoms with Gasteiger partial charge in [-0.25, -0.2) is 0 Å². The molecule has 25 heavy (non-hydrogen) atoms. The van der Waals surface area contributed by atoms with Crippen LogP contribution in [0.5, 0.6) is 0 Å². The Bertz CT molecular complexity index is 628.